The van der Waals surface area contributed by atoms with Gasteiger partial charge in [-0.25, -0.2) is 0 Å². The predicted molar refractivity (Wildman–Crippen MR) is 93.4 cm³/mol. The summed E-state index contributed by atoms with van der Waals surface area (Å²) in [5.41, 5.74) is 3.30. The van der Waals surface area contributed by atoms with Crippen LogP contribution in [0.3, 0.4) is 0 Å². The van der Waals surface area contributed by atoms with Crippen molar-refractivity contribution in [1.82, 2.24) is 0 Å². The van der Waals surface area contributed by atoms with E-state index in [4.69, 9.17) is 16.3 Å². The summed E-state index contributed by atoms with van der Waals surface area (Å²) in [6.45, 7) is 2.06. The molecule has 3 rings (SSSR count). The molecule has 3 heteroatoms. The zero-order valence-electron chi connectivity index (χ0n) is 11.8. The lowest BCUT2D eigenvalue weighted by molar-refractivity contribution is 0.421. The molecule has 0 aromatic heterocycles. The van der Waals surface area contributed by atoms with Crippen molar-refractivity contribution in [1.29, 1.82) is 0 Å². The van der Waals surface area contributed by atoms with Gasteiger partial charge in [-0.3, -0.25) is 0 Å². The summed E-state index contributed by atoms with van der Waals surface area (Å²) < 4.78 is 6.73. The van der Waals surface area contributed by atoms with E-state index in [9.17, 15) is 0 Å². The summed E-state index contributed by atoms with van der Waals surface area (Å²) in [4.78, 5) is 0. The highest BCUT2D eigenvalue weighted by Gasteiger charge is 2.16. The highest BCUT2D eigenvalue weighted by Crippen LogP contribution is 2.43. The Morgan fingerprint density at radius 1 is 1.05 bits per heavy atom. The van der Waals surface area contributed by atoms with Crippen LogP contribution in [0.1, 0.15) is 5.56 Å². The highest BCUT2D eigenvalue weighted by atomic mass is 79.9. The molecule has 0 N–H and O–H groups in total. The van der Waals surface area contributed by atoms with Gasteiger partial charge in [0, 0.05) is 20.4 Å². The third-order valence-corrected chi connectivity index (χ3v) is 4.48. The molecule has 21 heavy (non-hydrogen) atoms. The molecule has 0 bridgehead atoms. The summed E-state index contributed by atoms with van der Waals surface area (Å²) in [5.74, 6) is 0.880. The van der Waals surface area contributed by atoms with E-state index in [1.165, 1.54) is 0 Å². The quantitative estimate of drug-likeness (QED) is 0.525. The van der Waals surface area contributed by atoms with Crippen molar-refractivity contribution in [3.8, 4) is 16.9 Å². The molecule has 0 aliphatic rings. The average Bonchev–Trinajstić information content (AvgIpc) is 2.46. The van der Waals surface area contributed by atoms with Crippen molar-refractivity contribution in [2.24, 2.45) is 0 Å². The Morgan fingerprint density at radius 2 is 1.81 bits per heavy atom. The molecule has 0 heterocycles. The van der Waals surface area contributed by atoms with Crippen molar-refractivity contribution >= 4 is 38.3 Å². The van der Waals surface area contributed by atoms with Crippen LogP contribution in [-0.2, 0) is 0 Å². The summed E-state index contributed by atoms with van der Waals surface area (Å²) in [5, 5.41) is 3.00. The lowest BCUT2D eigenvalue weighted by atomic mass is 9.96. The first-order chi connectivity index (χ1) is 10.1. The van der Waals surface area contributed by atoms with Crippen LogP contribution < -0.4 is 4.74 Å². The van der Waals surface area contributed by atoms with E-state index in [0.717, 1.165) is 42.7 Å². The van der Waals surface area contributed by atoms with Gasteiger partial charge in [0.1, 0.15) is 5.75 Å². The highest BCUT2D eigenvalue weighted by molar-refractivity contribution is 9.10. The fourth-order valence-electron chi connectivity index (χ4n) is 2.65. The molecule has 0 amide bonds. The fraction of sp³-hybridized carbons (Fsp3) is 0.111. The van der Waals surface area contributed by atoms with Gasteiger partial charge in [0.05, 0.1) is 7.11 Å². The molecule has 0 aliphatic carbocycles. The molecule has 1 nitrogen and oxygen atoms in total. The van der Waals surface area contributed by atoms with Gasteiger partial charge < -0.3 is 4.74 Å². The molecule has 0 radical (unpaired) electrons. The number of methoxy groups -OCH3 is 1. The van der Waals surface area contributed by atoms with Crippen LogP contribution in [0, 0.1) is 6.92 Å². The summed E-state index contributed by atoms with van der Waals surface area (Å²) >= 11 is 9.76. The zero-order chi connectivity index (χ0) is 15.0. The smallest absolute Gasteiger partial charge is 0.135 e. The monoisotopic (exact) mass is 360 g/mol. The van der Waals surface area contributed by atoms with E-state index >= 15 is 0 Å². The van der Waals surface area contributed by atoms with Crippen LogP contribution >= 0.6 is 27.5 Å². The molecule has 0 atom stereocenters. The third kappa shape index (κ3) is 2.54. The van der Waals surface area contributed by atoms with Crippen LogP contribution in [-0.4, -0.2) is 7.11 Å². The lowest BCUT2D eigenvalue weighted by Gasteiger charge is -2.16. The lowest BCUT2D eigenvalue weighted by Crippen LogP contribution is -1.93. The molecular weight excluding hydrogens is 348 g/mol. The van der Waals surface area contributed by atoms with Gasteiger partial charge in [0.25, 0.3) is 0 Å². The van der Waals surface area contributed by atoms with Crippen LogP contribution in [0.25, 0.3) is 21.9 Å². The molecule has 3 aromatic carbocycles. The van der Waals surface area contributed by atoms with E-state index in [-0.39, 0.29) is 0 Å². The molecule has 0 saturated carbocycles. The Kier molecular flexibility index (Phi) is 3.92. The van der Waals surface area contributed by atoms with Crippen LogP contribution in [0.4, 0.5) is 0 Å². The van der Waals surface area contributed by atoms with Crippen molar-refractivity contribution in [3.63, 3.8) is 0 Å². The van der Waals surface area contributed by atoms with Gasteiger partial charge in [-0.15, -0.1) is 0 Å². The Bertz CT molecular complexity index is 827. The summed E-state index contributed by atoms with van der Waals surface area (Å²) in [6.07, 6.45) is 0. The number of hydrogen-bond acceptors (Lipinski definition) is 1. The van der Waals surface area contributed by atoms with E-state index in [0.29, 0.717) is 0 Å². The molecule has 0 spiro atoms. The molecule has 0 saturated heterocycles. The van der Waals surface area contributed by atoms with Crippen molar-refractivity contribution in [2.45, 2.75) is 6.92 Å². The number of aryl methyl sites for hydroxylation is 1. The van der Waals surface area contributed by atoms with Gasteiger partial charge in [-0.1, -0.05) is 41.9 Å². The maximum atomic E-state index is 6.07. The largest absolute Gasteiger partial charge is 0.495 e. The van der Waals surface area contributed by atoms with E-state index < -0.39 is 0 Å². The number of halogens is 2. The predicted octanol–water partition coefficient (Wildman–Crippen LogP) is 6.24. The second-order valence-electron chi connectivity index (χ2n) is 4.95. The van der Waals surface area contributed by atoms with Crippen molar-refractivity contribution in [3.05, 3.63) is 63.6 Å². The first-order valence-corrected chi connectivity index (χ1v) is 7.80. The van der Waals surface area contributed by atoms with Crippen molar-refractivity contribution in [2.75, 3.05) is 7.11 Å². The minimum absolute atomic E-state index is 0.743. The van der Waals surface area contributed by atoms with Crippen LogP contribution in [0.5, 0.6) is 5.75 Å². The second kappa shape index (κ2) is 5.70. The minimum atomic E-state index is 0.743. The maximum absolute atomic E-state index is 6.07. The van der Waals surface area contributed by atoms with Gasteiger partial charge in [-0.2, -0.15) is 0 Å². The number of ether oxygens (including phenoxy) is 1. The standard InChI is InChI=1S/C18H14BrClO/c1-11-9-13(20)7-8-14(11)17-16(19)10-12-5-3-4-6-15(12)18(17)21-2/h3-10H,1-2H3. The average molecular weight is 362 g/mol. The Labute approximate surface area is 137 Å². The Balaban J connectivity index is 2.38. The minimum Gasteiger partial charge on any atom is -0.495 e. The normalized spacial score (nSPS) is 10.9. The number of benzene rings is 3. The number of rotatable bonds is 2. The number of fused-ring (bicyclic) bond motifs is 1. The van der Waals surface area contributed by atoms with Crippen molar-refractivity contribution < 1.29 is 4.74 Å². The Hall–Kier alpha value is -1.51. The van der Waals surface area contributed by atoms with Gasteiger partial charge >= 0.3 is 0 Å². The SMILES string of the molecule is COc1c(-c2ccc(Cl)cc2C)c(Br)cc2ccccc12. The van der Waals surface area contributed by atoms with Gasteiger partial charge in [-0.05, 0) is 57.6 Å². The fourth-order valence-corrected chi connectivity index (χ4v) is 3.52. The summed E-state index contributed by atoms with van der Waals surface area (Å²) in [6, 6.07) is 16.3. The molecule has 0 fully saturated rings. The molecule has 3 aromatic rings. The molecule has 0 aliphatic heterocycles. The van der Waals surface area contributed by atoms with Crippen LogP contribution in [0.2, 0.25) is 5.02 Å². The first kappa shape index (κ1) is 14.4. The third-order valence-electron chi connectivity index (χ3n) is 3.62. The molecule has 0 unspecified atom stereocenters. The van der Waals surface area contributed by atoms with Gasteiger partial charge in [0.15, 0.2) is 0 Å². The van der Waals surface area contributed by atoms with E-state index in [2.05, 4.69) is 41.1 Å². The van der Waals surface area contributed by atoms with E-state index in [1.54, 1.807) is 7.11 Å². The molecule has 106 valence electrons. The topological polar surface area (TPSA) is 9.23 Å². The maximum Gasteiger partial charge on any atom is 0.135 e. The van der Waals surface area contributed by atoms with Crippen LogP contribution in [0.15, 0.2) is 53.0 Å². The number of hydrogen-bond donors (Lipinski definition) is 0. The Morgan fingerprint density at radius 3 is 2.52 bits per heavy atom. The first-order valence-electron chi connectivity index (χ1n) is 6.63. The molecular formula is C18H14BrClO. The summed E-state index contributed by atoms with van der Waals surface area (Å²) in [7, 11) is 1.71. The van der Waals surface area contributed by atoms with Gasteiger partial charge in [0.2, 0.25) is 0 Å². The zero-order valence-corrected chi connectivity index (χ0v) is 14.1. The second-order valence-corrected chi connectivity index (χ2v) is 6.24. The van der Waals surface area contributed by atoms with E-state index in [1.807, 2.05) is 30.3 Å².